The lowest BCUT2D eigenvalue weighted by Crippen LogP contribution is -2.61. The minimum Gasteiger partial charge on any atom is -0.368 e. The van der Waals surface area contributed by atoms with Crippen molar-refractivity contribution in [1.29, 1.82) is 0 Å². The molecule has 17 heavy (non-hydrogen) atoms. The van der Waals surface area contributed by atoms with Gasteiger partial charge in [-0.3, -0.25) is 14.6 Å². The second kappa shape index (κ2) is 5.80. The molecule has 1 fully saturated rings. The predicted octanol–water partition coefficient (Wildman–Crippen LogP) is -0.524. The number of primary amides is 1. The van der Waals surface area contributed by atoms with Gasteiger partial charge >= 0.3 is 0 Å². The van der Waals surface area contributed by atoms with Crippen molar-refractivity contribution in [3.63, 3.8) is 0 Å². The molecule has 1 rings (SSSR count). The van der Waals surface area contributed by atoms with Crippen LogP contribution < -0.4 is 11.1 Å². The standard InChI is InChI=1S/C12H26N4O/c1-10(2)16-7-5-15(6-8-16)9-12(3,14-4)11(13)17/h10,14H,5-9H2,1-4H3,(H2,13,17). The average Bonchev–Trinajstić information content (AvgIpc) is 2.29. The molecular weight excluding hydrogens is 216 g/mol. The number of carbonyl (C=O) groups excluding carboxylic acids is 1. The summed E-state index contributed by atoms with van der Waals surface area (Å²) in [5, 5.41) is 3.03. The van der Waals surface area contributed by atoms with Crippen LogP contribution in [-0.2, 0) is 4.79 Å². The van der Waals surface area contributed by atoms with Gasteiger partial charge in [0.1, 0.15) is 5.54 Å². The van der Waals surface area contributed by atoms with Crippen LogP contribution in [0, 0.1) is 0 Å². The van der Waals surface area contributed by atoms with E-state index in [9.17, 15) is 4.79 Å². The molecule has 1 amide bonds. The zero-order valence-corrected chi connectivity index (χ0v) is 11.5. The van der Waals surface area contributed by atoms with Gasteiger partial charge in [0.05, 0.1) is 0 Å². The number of nitrogens with zero attached hydrogens (tertiary/aromatic N) is 2. The quantitative estimate of drug-likeness (QED) is 0.681. The molecule has 1 unspecified atom stereocenters. The molecule has 0 aromatic heterocycles. The molecule has 0 aromatic carbocycles. The highest BCUT2D eigenvalue weighted by atomic mass is 16.1. The lowest BCUT2D eigenvalue weighted by molar-refractivity contribution is -0.124. The molecular formula is C12H26N4O. The van der Waals surface area contributed by atoms with E-state index in [1.807, 2.05) is 6.92 Å². The van der Waals surface area contributed by atoms with Crippen LogP contribution in [0.1, 0.15) is 20.8 Å². The van der Waals surface area contributed by atoms with Gasteiger partial charge in [-0.05, 0) is 27.8 Å². The lowest BCUT2D eigenvalue weighted by atomic mass is 10.0. The van der Waals surface area contributed by atoms with E-state index in [-0.39, 0.29) is 5.91 Å². The van der Waals surface area contributed by atoms with Gasteiger partial charge in [-0.2, -0.15) is 0 Å². The second-order valence-electron chi connectivity index (χ2n) is 5.35. The van der Waals surface area contributed by atoms with Gasteiger partial charge in [-0.1, -0.05) is 0 Å². The molecule has 100 valence electrons. The van der Waals surface area contributed by atoms with Crippen molar-refractivity contribution in [2.45, 2.75) is 32.4 Å². The zero-order chi connectivity index (χ0) is 13.1. The third-order valence-corrected chi connectivity index (χ3v) is 3.77. The molecule has 1 atom stereocenters. The van der Waals surface area contributed by atoms with Crippen molar-refractivity contribution in [2.24, 2.45) is 5.73 Å². The molecule has 5 heteroatoms. The van der Waals surface area contributed by atoms with Gasteiger partial charge < -0.3 is 11.1 Å². The van der Waals surface area contributed by atoms with Crippen molar-refractivity contribution in [3.05, 3.63) is 0 Å². The van der Waals surface area contributed by atoms with Crippen molar-refractivity contribution in [1.82, 2.24) is 15.1 Å². The topological polar surface area (TPSA) is 61.6 Å². The van der Waals surface area contributed by atoms with E-state index >= 15 is 0 Å². The fourth-order valence-electron chi connectivity index (χ4n) is 2.17. The highest BCUT2D eigenvalue weighted by Gasteiger charge is 2.32. The average molecular weight is 242 g/mol. The van der Waals surface area contributed by atoms with Crippen LogP contribution in [0.3, 0.4) is 0 Å². The van der Waals surface area contributed by atoms with Crippen LogP contribution in [0.4, 0.5) is 0 Å². The Labute approximate surface area is 104 Å². The highest BCUT2D eigenvalue weighted by molar-refractivity contribution is 5.84. The molecule has 1 heterocycles. The van der Waals surface area contributed by atoms with Crippen LogP contribution in [0.2, 0.25) is 0 Å². The first kappa shape index (κ1) is 14.4. The largest absolute Gasteiger partial charge is 0.368 e. The Bertz CT molecular complexity index is 261. The third-order valence-electron chi connectivity index (χ3n) is 3.77. The van der Waals surface area contributed by atoms with E-state index < -0.39 is 5.54 Å². The van der Waals surface area contributed by atoms with E-state index in [0.717, 1.165) is 26.2 Å². The van der Waals surface area contributed by atoms with E-state index in [0.29, 0.717) is 12.6 Å². The fraction of sp³-hybridized carbons (Fsp3) is 0.917. The van der Waals surface area contributed by atoms with E-state index in [4.69, 9.17) is 5.73 Å². The summed E-state index contributed by atoms with van der Waals surface area (Å²) >= 11 is 0. The van der Waals surface area contributed by atoms with E-state index in [1.54, 1.807) is 7.05 Å². The summed E-state index contributed by atoms with van der Waals surface area (Å²) in [4.78, 5) is 16.2. The SMILES string of the molecule is CNC(C)(CN1CCN(C(C)C)CC1)C(N)=O. The number of carbonyl (C=O) groups is 1. The number of piperazine rings is 1. The van der Waals surface area contributed by atoms with Gasteiger partial charge in [0.25, 0.3) is 0 Å². The first-order valence-electron chi connectivity index (χ1n) is 6.34. The molecule has 0 aromatic rings. The minimum atomic E-state index is -0.625. The number of nitrogens with two attached hydrogens (primary N) is 1. The van der Waals surface area contributed by atoms with E-state index in [1.165, 1.54) is 0 Å². The van der Waals surface area contributed by atoms with Crippen molar-refractivity contribution in [3.8, 4) is 0 Å². The minimum absolute atomic E-state index is 0.286. The van der Waals surface area contributed by atoms with Gasteiger partial charge in [0.15, 0.2) is 0 Å². The van der Waals surface area contributed by atoms with Crippen molar-refractivity contribution >= 4 is 5.91 Å². The van der Waals surface area contributed by atoms with Gasteiger partial charge in [-0.25, -0.2) is 0 Å². The molecule has 0 bridgehead atoms. The van der Waals surface area contributed by atoms with Crippen LogP contribution in [0.5, 0.6) is 0 Å². The number of rotatable bonds is 5. The van der Waals surface area contributed by atoms with Crippen LogP contribution in [0.15, 0.2) is 0 Å². The van der Waals surface area contributed by atoms with Gasteiger partial charge in [0.2, 0.25) is 5.91 Å². The smallest absolute Gasteiger partial charge is 0.238 e. The second-order valence-corrected chi connectivity index (χ2v) is 5.35. The highest BCUT2D eigenvalue weighted by Crippen LogP contribution is 2.10. The molecule has 0 spiro atoms. The monoisotopic (exact) mass is 242 g/mol. The van der Waals surface area contributed by atoms with Crippen LogP contribution in [-0.4, -0.2) is 67.1 Å². The summed E-state index contributed by atoms with van der Waals surface area (Å²) in [5.74, 6) is -0.286. The number of likely N-dealkylation sites (N-methyl/N-ethyl adjacent to an activating group) is 1. The Morgan fingerprint density at radius 2 is 1.88 bits per heavy atom. The molecule has 0 radical (unpaired) electrons. The molecule has 1 aliphatic rings. The lowest BCUT2D eigenvalue weighted by Gasteiger charge is -2.40. The van der Waals surface area contributed by atoms with Gasteiger partial charge in [0, 0.05) is 38.8 Å². The first-order chi connectivity index (χ1) is 7.89. The maximum Gasteiger partial charge on any atom is 0.238 e. The fourth-order valence-corrected chi connectivity index (χ4v) is 2.17. The van der Waals surface area contributed by atoms with E-state index in [2.05, 4.69) is 29.0 Å². The molecule has 5 nitrogen and oxygen atoms in total. The van der Waals surface area contributed by atoms with Crippen molar-refractivity contribution < 1.29 is 4.79 Å². The summed E-state index contributed by atoms with van der Waals surface area (Å²) in [6, 6.07) is 0.601. The Morgan fingerprint density at radius 3 is 2.24 bits per heavy atom. The Hall–Kier alpha value is -0.650. The van der Waals surface area contributed by atoms with Gasteiger partial charge in [-0.15, -0.1) is 0 Å². The number of hydrogen-bond donors (Lipinski definition) is 2. The molecule has 0 aliphatic carbocycles. The number of nitrogens with one attached hydrogen (secondary N) is 1. The summed E-state index contributed by atoms with van der Waals surface area (Å²) in [5.41, 5.74) is 4.81. The normalized spacial score (nSPS) is 22.6. The Morgan fingerprint density at radius 1 is 1.35 bits per heavy atom. The third kappa shape index (κ3) is 3.66. The summed E-state index contributed by atoms with van der Waals surface area (Å²) in [6.45, 7) is 11.1. The summed E-state index contributed by atoms with van der Waals surface area (Å²) in [7, 11) is 1.79. The number of amides is 1. The van der Waals surface area contributed by atoms with Crippen molar-refractivity contribution in [2.75, 3.05) is 39.8 Å². The van der Waals surface area contributed by atoms with Crippen LogP contribution >= 0.6 is 0 Å². The molecule has 3 N–H and O–H groups in total. The summed E-state index contributed by atoms with van der Waals surface area (Å²) in [6.07, 6.45) is 0. The number of hydrogen-bond acceptors (Lipinski definition) is 4. The zero-order valence-electron chi connectivity index (χ0n) is 11.5. The predicted molar refractivity (Wildman–Crippen MR) is 69.8 cm³/mol. The van der Waals surface area contributed by atoms with Crippen LogP contribution in [0.25, 0.3) is 0 Å². The molecule has 0 saturated carbocycles. The maximum absolute atomic E-state index is 11.4. The Balaban J connectivity index is 2.47. The summed E-state index contributed by atoms with van der Waals surface area (Å²) < 4.78 is 0. The molecule has 1 aliphatic heterocycles. The molecule has 1 saturated heterocycles. The Kier molecular flexibility index (Phi) is 4.91. The maximum atomic E-state index is 11.4. The first-order valence-corrected chi connectivity index (χ1v) is 6.34.